The molecule has 0 fully saturated rings. The zero-order valence-corrected chi connectivity index (χ0v) is 14.7. The number of methoxy groups -OCH3 is 1. The third-order valence-electron chi connectivity index (χ3n) is 3.27. The minimum absolute atomic E-state index is 0.112. The van der Waals surface area contributed by atoms with Gasteiger partial charge < -0.3 is 9.47 Å². The van der Waals surface area contributed by atoms with Crippen molar-refractivity contribution in [3.63, 3.8) is 0 Å². The molecule has 7 nitrogen and oxygen atoms in total. The molecule has 0 amide bonds. The first-order valence-corrected chi connectivity index (χ1v) is 8.83. The molecule has 0 aliphatic rings. The lowest BCUT2D eigenvalue weighted by molar-refractivity contribution is 0.0435. The highest BCUT2D eigenvalue weighted by molar-refractivity contribution is 7.92. The molecule has 0 bridgehead atoms. The van der Waals surface area contributed by atoms with E-state index in [2.05, 4.69) is 4.72 Å². The average molecular weight is 378 g/mol. The van der Waals surface area contributed by atoms with E-state index < -0.39 is 32.8 Å². The molecule has 2 aromatic carbocycles. The zero-order valence-electron chi connectivity index (χ0n) is 13.9. The number of halogens is 1. The van der Waals surface area contributed by atoms with Gasteiger partial charge in [0.2, 0.25) is 0 Å². The summed E-state index contributed by atoms with van der Waals surface area (Å²) < 4.78 is 51.2. The van der Waals surface area contributed by atoms with Crippen LogP contribution in [0, 0.1) is 17.1 Å². The van der Waals surface area contributed by atoms with Crippen LogP contribution < -0.4 is 9.46 Å². The molecule has 0 aliphatic heterocycles. The first kappa shape index (κ1) is 19.2. The monoisotopic (exact) mass is 378 g/mol. The number of ether oxygens (including phenoxy) is 2. The predicted octanol–water partition coefficient (Wildman–Crippen LogP) is 2.70. The minimum atomic E-state index is -4.34. The van der Waals surface area contributed by atoms with Gasteiger partial charge in [0.05, 0.1) is 18.4 Å². The molecule has 0 saturated heterocycles. The van der Waals surface area contributed by atoms with E-state index in [0.29, 0.717) is 0 Å². The maximum Gasteiger partial charge on any atom is 0.339 e. The quantitative estimate of drug-likeness (QED) is 0.775. The smallest absolute Gasteiger partial charge is 0.339 e. The van der Waals surface area contributed by atoms with Crippen LogP contribution in [0.25, 0.3) is 0 Å². The first-order valence-electron chi connectivity index (χ1n) is 7.34. The van der Waals surface area contributed by atoms with Crippen molar-refractivity contribution in [1.82, 2.24) is 0 Å². The van der Waals surface area contributed by atoms with Crippen LogP contribution in [0.5, 0.6) is 5.75 Å². The van der Waals surface area contributed by atoms with E-state index in [1.807, 2.05) is 0 Å². The molecular formula is C17H15FN2O5S. The summed E-state index contributed by atoms with van der Waals surface area (Å²) in [5.41, 5.74) is -0.0885. The van der Waals surface area contributed by atoms with Crippen LogP contribution in [0.15, 0.2) is 47.4 Å². The van der Waals surface area contributed by atoms with Crippen molar-refractivity contribution in [2.24, 2.45) is 0 Å². The normalized spacial score (nSPS) is 11.9. The number of nitrogens with one attached hydrogen (secondary N) is 1. The molecule has 2 aromatic rings. The minimum Gasteiger partial charge on any atom is -0.495 e. The lowest BCUT2D eigenvalue weighted by Crippen LogP contribution is -2.17. The molecule has 2 rings (SSSR count). The summed E-state index contributed by atoms with van der Waals surface area (Å²) >= 11 is 0. The standard InChI is InChI=1S/C17H15FN2O5S/c1-11(10-19)25-17(21)12-7-8-13(18)16(9-12)26(22,23)20-14-5-3-4-6-15(14)24-2/h3-9,11,20H,1-2H3. The van der Waals surface area contributed by atoms with Gasteiger partial charge in [0.1, 0.15) is 22.5 Å². The van der Waals surface area contributed by atoms with Crippen molar-refractivity contribution in [2.75, 3.05) is 11.8 Å². The Morgan fingerprint density at radius 1 is 1.27 bits per heavy atom. The Bertz CT molecular complexity index is 969. The van der Waals surface area contributed by atoms with E-state index in [1.165, 1.54) is 26.2 Å². The zero-order chi connectivity index (χ0) is 19.3. The lowest BCUT2D eigenvalue weighted by Gasteiger charge is -2.13. The Labute approximate surface area is 150 Å². The number of para-hydroxylation sites is 2. The van der Waals surface area contributed by atoms with Crippen LogP contribution in [0.4, 0.5) is 10.1 Å². The number of carbonyl (C=O) groups is 1. The van der Waals surface area contributed by atoms with Crippen molar-refractivity contribution < 1.29 is 27.1 Å². The van der Waals surface area contributed by atoms with Gasteiger partial charge in [0, 0.05) is 0 Å². The maximum absolute atomic E-state index is 14.1. The molecule has 1 N–H and O–H groups in total. The molecule has 0 aliphatic carbocycles. The van der Waals surface area contributed by atoms with Gasteiger partial charge in [-0.25, -0.2) is 17.6 Å². The Kier molecular flexibility index (Phi) is 5.79. The second-order valence-corrected chi connectivity index (χ2v) is 6.78. The summed E-state index contributed by atoms with van der Waals surface area (Å²) in [7, 11) is -2.98. The molecule has 0 heterocycles. The molecule has 0 saturated carbocycles. The number of nitrogens with zero attached hydrogens (tertiary/aromatic N) is 1. The molecule has 26 heavy (non-hydrogen) atoms. The molecular weight excluding hydrogens is 363 g/mol. The van der Waals surface area contributed by atoms with E-state index in [-0.39, 0.29) is 17.0 Å². The molecule has 1 atom stereocenters. The molecule has 136 valence electrons. The average Bonchev–Trinajstić information content (AvgIpc) is 2.61. The molecule has 1 unspecified atom stereocenters. The highest BCUT2D eigenvalue weighted by atomic mass is 32.2. The summed E-state index contributed by atoms with van der Waals surface area (Å²) in [4.78, 5) is 11.2. The van der Waals surface area contributed by atoms with E-state index in [9.17, 15) is 17.6 Å². The van der Waals surface area contributed by atoms with E-state index in [1.54, 1.807) is 18.2 Å². The molecule has 9 heteroatoms. The van der Waals surface area contributed by atoms with Crippen LogP contribution >= 0.6 is 0 Å². The van der Waals surface area contributed by atoms with Crippen LogP contribution in [0.3, 0.4) is 0 Å². The lowest BCUT2D eigenvalue weighted by atomic mass is 10.2. The summed E-state index contributed by atoms with van der Waals surface area (Å²) in [5.74, 6) is -1.74. The third-order valence-corrected chi connectivity index (χ3v) is 4.65. The fourth-order valence-corrected chi connectivity index (χ4v) is 3.19. The fourth-order valence-electron chi connectivity index (χ4n) is 2.02. The van der Waals surface area contributed by atoms with Crippen LogP contribution in [-0.4, -0.2) is 27.6 Å². The predicted molar refractivity (Wildman–Crippen MR) is 90.7 cm³/mol. The number of carbonyl (C=O) groups excluding carboxylic acids is 1. The van der Waals surface area contributed by atoms with Crippen molar-refractivity contribution in [3.8, 4) is 11.8 Å². The number of sulfonamides is 1. The van der Waals surface area contributed by atoms with Gasteiger partial charge in [0.15, 0.2) is 6.10 Å². The second-order valence-electron chi connectivity index (χ2n) is 5.13. The van der Waals surface area contributed by atoms with Gasteiger partial charge in [-0.15, -0.1) is 0 Å². The Morgan fingerprint density at radius 2 is 1.96 bits per heavy atom. The summed E-state index contributed by atoms with van der Waals surface area (Å²) in [5, 5.41) is 8.67. The van der Waals surface area contributed by atoms with Crippen molar-refractivity contribution in [1.29, 1.82) is 5.26 Å². The number of hydrogen-bond acceptors (Lipinski definition) is 6. The topological polar surface area (TPSA) is 105 Å². The fraction of sp³-hybridized carbons (Fsp3) is 0.176. The van der Waals surface area contributed by atoms with Crippen molar-refractivity contribution in [2.45, 2.75) is 17.9 Å². The third kappa shape index (κ3) is 4.29. The molecule has 0 aromatic heterocycles. The number of anilines is 1. The Hall–Kier alpha value is -3.12. The van der Waals surface area contributed by atoms with E-state index >= 15 is 0 Å². The Morgan fingerprint density at radius 3 is 2.62 bits per heavy atom. The van der Waals surface area contributed by atoms with Gasteiger partial charge in [-0.05, 0) is 37.3 Å². The van der Waals surface area contributed by atoms with E-state index in [4.69, 9.17) is 14.7 Å². The van der Waals surface area contributed by atoms with Crippen molar-refractivity contribution in [3.05, 3.63) is 53.8 Å². The van der Waals surface area contributed by atoms with Gasteiger partial charge in [-0.2, -0.15) is 5.26 Å². The largest absolute Gasteiger partial charge is 0.495 e. The highest BCUT2D eigenvalue weighted by Gasteiger charge is 2.23. The summed E-state index contributed by atoms with van der Waals surface area (Å²) in [6, 6.07) is 10.7. The number of hydrogen-bond donors (Lipinski definition) is 1. The van der Waals surface area contributed by atoms with Gasteiger partial charge in [-0.3, -0.25) is 4.72 Å². The first-order chi connectivity index (χ1) is 12.3. The number of nitriles is 1. The summed E-state index contributed by atoms with van der Waals surface area (Å²) in [6.07, 6.45) is -1.03. The van der Waals surface area contributed by atoms with E-state index in [0.717, 1.165) is 18.2 Å². The number of rotatable bonds is 6. The maximum atomic E-state index is 14.1. The van der Waals surface area contributed by atoms with Gasteiger partial charge in [-0.1, -0.05) is 12.1 Å². The van der Waals surface area contributed by atoms with Crippen LogP contribution in [0.2, 0.25) is 0 Å². The SMILES string of the molecule is COc1ccccc1NS(=O)(=O)c1cc(C(=O)OC(C)C#N)ccc1F. The molecule has 0 radical (unpaired) electrons. The van der Waals surface area contributed by atoms with Crippen LogP contribution in [0.1, 0.15) is 17.3 Å². The van der Waals surface area contributed by atoms with Gasteiger partial charge >= 0.3 is 5.97 Å². The molecule has 0 spiro atoms. The Balaban J connectivity index is 2.39. The van der Waals surface area contributed by atoms with Crippen molar-refractivity contribution >= 4 is 21.7 Å². The van der Waals surface area contributed by atoms with Gasteiger partial charge in [0.25, 0.3) is 10.0 Å². The summed E-state index contributed by atoms with van der Waals surface area (Å²) in [6.45, 7) is 1.35. The highest BCUT2D eigenvalue weighted by Crippen LogP contribution is 2.27. The number of esters is 1. The number of benzene rings is 2. The second kappa shape index (κ2) is 7.84. The van der Waals surface area contributed by atoms with Crippen LogP contribution in [-0.2, 0) is 14.8 Å².